The van der Waals surface area contributed by atoms with Crippen LogP contribution in [-0.2, 0) is 14.8 Å². The lowest BCUT2D eigenvalue weighted by atomic mass is 10.1. The minimum atomic E-state index is -3.62. The second-order valence-electron chi connectivity index (χ2n) is 5.06. The molecular weight excluding hydrogens is 312 g/mol. The first-order chi connectivity index (χ1) is 9.94. The molecule has 5 nitrogen and oxygen atoms in total. The van der Waals surface area contributed by atoms with E-state index in [9.17, 15) is 13.2 Å². The van der Waals surface area contributed by atoms with Crippen LogP contribution in [0.15, 0.2) is 29.2 Å². The highest BCUT2D eigenvalue weighted by Gasteiger charge is 2.26. The summed E-state index contributed by atoms with van der Waals surface area (Å²) in [6.07, 6.45) is 1.72. The molecule has 0 unspecified atom stereocenters. The quantitative estimate of drug-likeness (QED) is 0.918. The highest BCUT2D eigenvalue weighted by Crippen LogP contribution is 2.22. The van der Waals surface area contributed by atoms with Crippen LogP contribution in [0, 0.1) is 0 Å². The van der Waals surface area contributed by atoms with Crippen LogP contribution in [0.5, 0.6) is 0 Å². The third kappa shape index (κ3) is 3.96. The first kappa shape index (κ1) is 16.3. The summed E-state index contributed by atoms with van der Waals surface area (Å²) in [5.41, 5.74) is 0. The average molecular weight is 331 g/mol. The molecule has 1 N–H and O–H groups in total. The maximum Gasteiger partial charge on any atom is 0.242 e. The largest absolute Gasteiger partial charge is 0.343 e. The number of sulfonamides is 1. The Morgan fingerprint density at radius 3 is 2.52 bits per heavy atom. The number of hydrogen-bond acceptors (Lipinski definition) is 3. The molecule has 1 aliphatic rings. The van der Waals surface area contributed by atoms with E-state index in [2.05, 4.69) is 4.72 Å². The van der Waals surface area contributed by atoms with Gasteiger partial charge in [0.2, 0.25) is 15.9 Å². The fraction of sp³-hybridized carbons (Fsp3) is 0.500. The topological polar surface area (TPSA) is 66.5 Å². The summed E-state index contributed by atoms with van der Waals surface area (Å²) < 4.78 is 27.3. The van der Waals surface area contributed by atoms with Crippen molar-refractivity contribution in [1.29, 1.82) is 0 Å². The molecule has 1 heterocycles. The van der Waals surface area contributed by atoms with Gasteiger partial charge >= 0.3 is 0 Å². The van der Waals surface area contributed by atoms with E-state index in [1.54, 1.807) is 23.1 Å². The van der Waals surface area contributed by atoms with E-state index in [0.29, 0.717) is 32.4 Å². The van der Waals surface area contributed by atoms with Crippen LogP contribution in [-0.4, -0.2) is 38.4 Å². The summed E-state index contributed by atoms with van der Waals surface area (Å²) in [6.45, 7) is 3.00. The van der Waals surface area contributed by atoms with Gasteiger partial charge < -0.3 is 4.90 Å². The Morgan fingerprint density at radius 1 is 1.33 bits per heavy atom. The Bertz CT molecular complexity index is 610. The van der Waals surface area contributed by atoms with Gasteiger partial charge in [-0.15, -0.1) is 0 Å². The van der Waals surface area contributed by atoms with E-state index >= 15 is 0 Å². The van der Waals surface area contributed by atoms with Gasteiger partial charge in [-0.3, -0.25) is 4.79 Å². The van der Waals surface area contributed by atoms with Gasteiger partial charge in [-0.05, 0) is 25.0 Å². The van der Waals surface area contributed by atoms with E-state index < -0.39 is 10.0 Å². The van der Waals surface area contributed by atoms with Crippen LogP contribution in [0.4, 0.5) is 0 Å². The van der Waals surface area contributed by atoms with Crippen LogP contribution in [0.2, 0.25) is 5.02 Å². The molecule has 0 aromatic heterocycles. The van der Waals surface area contributed by atoms with Crippen molar-refractivity contribution in [2.75, 3.05) is 13.1 Å². The molecule has 1 saturated heterocycles. The van der Waals surface area contributed by atoms with Crippen molar-refractivity contribution < 1.29 is 13.2 Å². The number of amides is 1. The highest BCUT2D eigenvalue weighted by atomic mass is 35.5. The Hall–Kier alpha value is -1.11. The van der Waals surface area contributed by atoms with Gasteiger partial charge in [0.05, 0.1) is 5.02 Å². The smallest absolute Gasteiger partial charge is 0.242 e. The molecule has 0 spiro atoms. The molecule has 2 rings (SSSR count). The number of likely N-dealkylation sites (tertiary alicyclic amines) is 1. The molecule has 0 saturated carbocycles. The molecule has 1 aromatic rings. The second-order valence-corrected chi connectivity index (χ2v) is 7.15. The lowest BCUT2D eigenvalue weighted by Gasteiger charge is -2.32. The van der Waals surface area contributed by atoms with Crippen LogP contribution in [0.25, 0.3) is 0 Å². The highest BCUT2D eigenvalue weighted by molar-refractivity contribution is 7.89. The Balaban J connectivity index is 2.00. The lowest BCUT2D eigenvalue weighted by Crippen LogP contribution is -2.46. The molecule has 0 bridgehead atoms. The van der Waals surface area contributed by atoms with Crippen molar-refractivity contribution >= 4 is 27.5 Å². The van der Waals surface area contributed by atoms with Gasteiger partial charge in [0.15, 0.2) is 0 Å². The number of nitrogens with zero attached hydrogens (tertiary/aromatic N) is 1. The summed E-state index contributed by atoms with van der Waals surface area (Å²) in [5, 5.41) is 0.212. The zero-order valence-corrected chi connectivity index (χ0v) is 13.5. The molecule has 0 radical (unpaired) electrons. The van der Waals surface area contributed by atoms with Crippen molar-refractivity contribution in [2.45, 2.75) is 37.1 Å². The molecule has 0 aliphatic carbocycles. The number of nitrogens with one attached hydrogen (secondary N) is 1. The first-order valence-electron chi connectivity index (χ1n) is 6.98. The van der Waals surface area contributed by atoms with E-state index in [0.717, 1.165) is 0 Å². The molecular formula is C14H19ClN2O3S. The summed E-state index contributed by atoms with van der Waals surface area (Å²) in [6, 6.07) is 6.21. The summed E-state index contributed by atoms with van der Waals surface area (Å²) in [5.74, 6) is 0.113. The monoisotopic (exact) mass is 330 g/mol. The molecule has 1 aromatic carbocycles. The molecule has 1 amide bonds. The number of rotatable bonds is 4. The Labute approximate surface area is 130 Å². The lowest BCUT2D eigenvalue weighted by molar-refractivity contribution is -0.131. The SMILES string of the molecule is CCC(=O)N1CCC(NS(=O)(=O)c2ccccc2Cl)CC1. The van der Waals surface area contributed by atoms with E-state index in [4.69, 9.17) is 11.6 Å². The number of carbonyl (C=O) groups is 1. The Kier molecular flexibility index (Phi) is 5.24. The summed E-state index contributed by atoms with van der Waals surface area (Å²) in [4.78, 5) is 13.5. The number of carbonyl (C=O) groups excluding carboxylic acids is 1. The van der Waals surface area contributed by atoms with Gasteiger partial charge in [0.25, 0.3) is 0 Å². The zero-order chi connectivity index (χ0) is 15.5. The standard InChI is InChI=1S/C14H19ClN2O3S/c1-2-14(18)17-9-7-11(8-10-17)16-21(19,20)13-6-4-3-5-12(13)15/h3-6,11,16H,2,7-10H2,1H3. The maximum absolute atomic E-state index is 12.3. The predicted octanol–water partition coefficient (Wildman–Crippen LogP) is 2.02. The molecule has 21 heavy (non-hydrogen) atoms. The van der Waals surface area contributed by atoms with Gasteiger partial charge in [-0.1, -0.05) is 30.7 Å². The van der Waals surface area contributed by atoms with Crippen molar-refractivity contribution in [2.24, 2.45) is 0 Å². The van der Waals surface area contributed by atoms with Crippen LogP contribution < -0.4 is 4.72 Å². The molecule has 0 atom stereocenters. The fourth-order valence-electron chi connectivity index (χ4n) is 2.42. The Morgan fingerprint density at radius 2 is 1.95 bits per heavy atom. The van der Waals surface area contributed by atoms with Gasteiger partial charge in [-0.25, -0.2) is 13.1 Å². The maximum atomic E-state index is 12.3. The third-order valence-electron chi connectivity index (χ3n) is 3.60. The summed E-state index contributed by atoms with van der Waals surface area (Å²) in [7, 11) is -3.62. The van der Waals surface area contributed by atoms with Crippen LogP contribution >= 0.6 is 11.6 Å². The van der Waals surface area contributed by atoms with Gasteiger partial charge in [-0.2, -0.15) is 0 Å². The number of benzene rings is 1. The van der Waals surface area contributed by atoms with E-state index in [1.165, 1.54) is 6.07 Å². The van der Waals surface area contributed by atoms with Crippen LogP contribution in [0.3, 0.4) is 0 Å². The molecule has 116 valence electrons. The van der Waals surface area contributed by atoms with E-state index in [-0.39, 0.29) is 21.9 Å². The van der Waals surface area contributed by atoms with E-state index in [1.807, 2.05) is 6.92 Å². The zero-order valence-electron chi connectivity index (χ0n) is 11.9. The van der Waals surface area contributed by atoms with Gasteiger partial charge in [0.1, 0.15) is 4.90 Å². The van der Waals surface area contributed by atoms with Crippen molar-refractivity contribution in [3.8, 4) is 0 Å². The van der Waals surface area contributed by atoms with Gasteiger partial charge in [0, 0.05) is 25.6 Å². The first-order valence-corrected chi connectivity index (χ1v) is 8.85. The molecule has 1 aliphatic heterocycles. The molecule has 7 heteroatoms. The number of piperidine rings is 1. The minimum Gasteiger partial charge on any atom is -0.343 e. The summed E-state index contributed by atoms with van der Waals surface area (Å²) >= 11 is 5.94. The fourth-order valence-corrected chi connectivity index (χ4v) is 4.24. The van der Waals surface area contributed by atoms with Crippen molar-refractivity contribution in [1.82, 2.24) is 9.62 Å². The number of hydrogen-bond donors (Lipinski definition) is 1. The second kappa shape index (κ2) is 6.77. The number of halogens is 1. The third-order valence-corrected chi connectivity index (χ3v) is 5.62. The average Bonchev–Trinajstić information content (AvgIpc) is 2.47. The molecule has 1 fully saturated rings. The van der Waals surface area contributed by atoms with Crippen molar-refractivity contribution in [3.63, 3.8) is 0 Å². The van der Waals surface area contributed by atoms with Crippen molar-refractivity contribution in [3.05, 3.63) is 29.3 Å². The predicted molar refractivity (Wildman–Crippen MR) is 81.7 cm³/mol. The normalized spacial score (nSPS) is 17.0. The minimum absolute atomic E-state index is 0.0960. The van der Waals surface area contributed by atoms with Crippen LogP contribution in [0.1, 0.15) is 26.2 Å².